The molecule has 0 saturated carbocycles. The average Bonchev–Trinajstić information content (AvgIpc) is 2.29. The summed E-state index contributed by atoms with van der Waals surface area (Å²) in [6, 6.07) is 7.85. The number of halogens is 1. The largest absolute Gasteiger partial charge is 0.478 e. The van der Waals surface area contributed by atoms with E-state index in [-0.39, 0.29) is 11.1 Å². The van der Waals surface area contributed by atoms with Crippen molar-refractivity contribution in [3.63, 3.8) is 0 Å². The van der Waals surface area contributed by atoms with Crippen molar-refractivity contribution in [2.24, 2.45) is 0 Å². The quantitative estimate of drug-likeness (QED) is 0.834. The first kappa shape index (κ1) is 12.8. The Morgan fingerprint density at radius 2 is 2.00 bits per heavy atom. The van der Waals surface area contributed by atoms with Crippen LogP contribution in [0.2, 0.25) is 0 Å². The second-order valence-corrected chi connectivity index (χ2v) is 3.88. The molecule has 0 aliphatic rings. The van der Waals surface area contributed by atoms with Crippen molar-refractivity contribution in [1.82, 2.24) is 0 Å². The molecule has 0 fully saturated rings. The van der Waals surface area contributed by atoms with Gasteiger partial charge >= 0.3 is 5.97 Å². The number of carboxylic acid groups (broad SMARTS) is 1. The Bertz CT molecular complexity index is 551. The van der Waals surface area contributed by atoms with Crippen molar-refractivity contribution in [1.29, 1.82) is 10.5 Å². The lowest BCUT2D eigenvalue weighted by atomic mass is 10.2. The van der Waals surface area contributed by atoms with Crippen molar-refractivity contribution >= 4 is 27.6 Å². The highest BCUT2D eigenvalue weighted by atomic mass is 79.9. The van der Waals surface area contributed by atoms with E-state index in [4.69, 9.17) is 15.6 Å². The highest BCUT2D eigenvalue weighted by Crippen LogP contribution is 2.19. The summed E-state index contributed by atoms with van der Waals surface area (Å²) in [5, 5.41) is 28.6. The van der Waals surface area contributed by atoms with Gasteiger partial charge in [0.25, 0.3) is 0 Å². The van der Waals surface area contributed by atoms with Crippen LogP contribution in [0.1, 0.15) is 10.4 Å². The number of nitrogens with one attached hydrogen (secondary N) is 1. The maximum atomic E-state index is 10.8. The summed E-state index contributed by atoms with van der Waals surface area (Å²) in [6.07, 6.45) is 1.22. The van der Waals surface area contributed by atoms with Crippen molar-refractivity contribution in [3.8, 4) is 12.1 Å². The Morgan fingerprint density at radius 3 is 2.53 bits per heavy atom. The zero-order valence-corrected chi connectivity index (χ0v) is 10.0. The number of nitrogens with zero attached hydrogens (tertiary/aromatic N) is 2. The van der Waals surface area contributed by atoms with E-state index < -0.39 is 5.97 Å². The van der Waals surface area contributed by atoms with Crippen LogP contribution in [0.5, 0.6) is 0 Å². The van der Waals surface area contributed by atoms with E-state index in [9.17, 15) is 4.79 Å². The molecule has 6 heteroatoms. The first-order valence-corrected chi connectivity index (χ1v) is 5.17. The number of nitriles is 2. The molecular weight excluding hydrogens is 286 g/mol. The lowest BCUT2D eigenvalue weighted by Gasteiger charge is -2.03. The zero-order chi connectivity index (χ0) is 12.8. The van der Waals surface area contributed by atoms with Crippen molar-refractivity contribution in [2.45, 2.75) is 0 Å². The van der Waals surface area contributed by atoms with Gasteiger partial charge < -0.3 is 10.4 Å². The standard InChI is InChI=1S/C11H6BrN3O2/c12-9-1-8(11(16)17)2-10(3-9)15-6-7(4-13)5-14/h1-3,6,15H,(H,16,17). The minimum absolute atomic E-state index is 0.0955. The molecule has 0 atom stereocenters. The Morgan fingerprint density at radius 1 is 1.35 bits per heavy atom. The fourth-order valence-corrected chi connectivity index (χ4v) is 1.53. The van der Waals surface area contributed by atoms with Gasteiger partial charge in [0.1, 0.15) is 17.7 Å². The van der Waals surface area contributed by atoms with Gasteiger partial charge in [-0.25, -0.2) is 4.79 Å². The molecule has 0 heterocycles. The van der Waals surface area contributed by atoms with Gasteiger partial charge in [0.2, 0.25) is 0 Å². The van der Waals surface area contributed by atoms with Crippen LogP contribution in [-0.2, 0) is 0 Å². The monoisotopic (exact) mass is 291 g/mol. The molecule has 0 aliphatic heterocycles. The third-order valence-electron chi connectivity index (χ3n) is 1.77. The summed E-state index contributed by atoms with van der Waals surface area (Å²) in [5.74, 6) is -1.06. The van der Waals surface area contributed by atoms with E-state index in [2.05, 4.69) is 21.2 Å². The number of rotatable bonds is 3. The van der Waals surface area contributed by atoms with Crippen LogP contribution >= 0.6 is 15.9 Å². The number of hydrogen-bond acceptors (Lipinski definition) is 4. The van der Waals surface area contributed by atoms with E-state index in [0.717, 1.165) is 0 Å². The van der Waals surface area contributed by atoms with Crippen LogP contribution in [0, 0.1) is 22.7 Å². The van der Waals surface area contributed by atoms with Gasteiger partial charge in [-0.3, -0.25) is 0 Å². The molecule has 0 unspecified atom stereocenters. The summed E-state index contributed by atoms with van der Waals surface area (Å²) < 4.78 is 0.587. The van der Waals surface area contributed by atoms with Crippen LogP contribution in [0.25, 0.3) is 0 Å². The summed E-state index contributed by atoms with van der Waals surface area (Å²) in [7, 11) is 0. The third-order valence-corrected chi connectivity index (χ3v) is 2.23. The van der Waals surface area contributed by atoms with Crippen molar-refractivity contribution < 1.29 is 9.90 Å². The average molecular weight is 292 g/mol. The fraction of sp³-hybridized carbons (Fsp3) is 0. The maximum Gasteiger partial charge on any atom is 0.335 e. The van der Waals surface area contributed by atoms with Gasteiger partial charge in [0, 0.05) is 16.4 Å². The number of carboxylic acids is 1. The Kier molecular flexibility index (Phi) is 4.27. The molecule has 0 bridgehead atoms. The van der Waals surface area contributed by atoms with Crippen molar-refractivity contribution in [3.05, 3.63) is 40.0 Å². The van der Waals surface area contributed by atoms with Gasteiger partial charge in [0.05, 0.1) is 5.56 Å². The number of anilines is 1. The Hall–Kier alpha value is -2.31. The lowest BCUT2D eigenvalue weighted by Crippen LogP contribution is -1.98. The van der Waals surface area contributed by atoms with Gasteiger partial charge in [-0.15, -0.1) is 0 Å². The molecule has 5 nitrogen and oxygen atoms in total. The minimum Gasteiger partial charge on any atom is -0.478 e. The molecule has 0 aromatic heterocycles. The fourth-order valence-electron chi connectivity index (χ4n) is 1.04. The van der Waals surface area contributed by atoms with E-state index in [0.29, 0.717) is 10.2 Å². The Balaban J connectivity index is 3.02. The molecule has 84 valence electrons. The molecule has 1 rings (SSSR count). The summed E-state index contributed by atoms with van der Waals surface area (Å²) in [4.78, 5) is 10.8. The molecule has 2 N–H and O–H groups in total. The van der Waals surface area contributed by atoms with Crippen LogP contribution in [0.3, 0.4) is 0 Å². The second kappa shape index (κ2) is 5.69. The van der Waals surface area contributed by atoms with Crippen LogP contribution < -0.4 is 5.32 Å². The van der Waals surface area contributed by atoms with Gasteiger partial charge in [-0.05, 0) is 18.2 Å². The zero-order valence-electron chi connectivity index (χ0n) is 8.44. The van der Waals surface area contributed by atoms with Crippen molar-refractivity contribution in [2.75, 3.05) is 5.32 Å². The highest BCUT2D eigenvalue weighted by Gasteiger charge is 2.05. The molecule has 0 spiro atoms. The topological polar surface area (TPSA) is 96.9 Å². The lowest BCUT2D eigenvalue weighted by molar-refractivity contribution is 0.0697. The van der Waals surface area contributed by atoms with Crippen LogP contribution in [0.4, 0.5) is 5.69 Å². The second-order valence-electron chi connectivity index (χ2n) is 2.96. The number of benzene rings is 1. The number of hydrogen-bond donors (Lipinski definition) is 2. The molecule has 17 heavy (non-hydrogen) atoms. The maximum absolute atomic E-state index is 10.8. The predicted molar refractivity (Wildman–Crippen MR) is 64.0 cm³/mol. The minimum atomic E-state index is -1.06. The van der Waals surface area contributed by atoms with E-state index >= 15 is 0 Å². The van der Waals surface area contributed by atoms with Gasteiger partial charge in [-0.2, -0.15) is 10.5 Å². The van der Waals surface area contributed by atoms with Crippen LogP contribution in [-0.4, -0.2) is 11.1 Å². The van der Waals surface area contributed by atoms with Gasteiger partial charge in [0.15, 0.2) is 0 Å². The van der Waals surface area contributed by atoms with Gasteiger partial charge in [-0.1, -0.05) is 15.9 Å². The molecule has 0 saturated heterocycles. The highest BCUT2D eigenvalue weighted by molar-refractivity contribution is 9.10. The number of allylic oxidation sites excluding steroid dienone is 1. The summed E-state index contributed by atoms with van der Waals surface area (Å²) in [5.41, 5.74) is 0.479. The van der Waals surface area contributed by atoms with E-state index in [1.54, 1.807) is 18.2 Å². The van der Waals surface area contributed by atoms with Crippen LogP contribution in [0.15, 0.2) is 34.4 Å². The first-order chi connectivity index (χ1) is 8.06. The molecule has 1 aromatic carbocycles. The molecule has 0 aliphatic carbocycles. The molecule has 0 amide bonds. The Labute approximate surface area is 106 Å². The number of aromatic carboxylic acids is 1. The molecule has 0 radical (unpaired) electrons. The number of carbonyl (C=O) groups is 1. The normalized spacial score (nSPS) is 8.65. The summed E-state index contributed by atoms with van der Waals surface area (Å²) >= 11 is 3.17. The van der Waals surface area contributed by atoms with E-state index in [1.165, 1.54) is 18.3 Å². The first-order valence-electron chi connectivity index (χ1n) is 4.37. The smallest absolute Gasteiger partial charge is 0.335 e. The SMILES string of the molecule is N#CC(C#N)=CNc1cc(Br)cc(C(=O)O)c1. The predicted octanol–water partition coefficient (Wildman–Crippen LogP) is 2.49. The molecular formula is C11H6BrN3O2. The third kappa shape index (κ3) is 3.63. The molecule has 1 aromatic rings. The van der Waals surface area contributed by atoms with E-state index in [1.807, 2.05) is 0 Å². The summed E-state index contributed by atoms with van der Waals surface area (Å²) in [6.45, 7) is 0.